The molecule has 1 heterocycles. The van der Waals surface area contributed by atoms with Gasteiger partial charge in [0.05, 0.1) is 5.75 Å². The van der Waals surface area contributed by atoms with E-state index in [1.54, 1.807) is 0 Å². The molecule has 0 spiro atoms. The first-order valence-corrected chi connectivity index (χ1v) is 9.85. The molecule has 23 heavy (non-hydrogen) atoms. The zero-order chi connectivity index (χ0) is 17.0. The maximum absolute atomic E-state index is 12.6. The first kappa shape index (κ1) is 17.9. The number of hydrogen-bond acceptors (Lipinski definition) is 3. The van der Waals surface area contributed by atoms with Crippen molar-refractivity contribution in [1.29, 1.82) is 0 Å². The Hall–Kier alpha value is -1.40. The molecule has 5 nitrogen and oxygen atoms in total. The van der Waals surface area contributed by atoms with Gasteiger partial charge in [0.2, 0.25) is 15.9 Å². The molecule has 1 unspecified atom stereocenters. The minimum Gasteiger partial charge on any atom is -0.353 e. The third kappa shape index (κ3) is 4.12. The van der Waals surface area contributed by atoms with Crippen molar-refractivity contribution in [3.63, 3.8) is 0 Å². The van der Waals surface area contributed by atoms with Gasteiger partial charge in [-0.3, -0.25) is 4.79 Å². The van der Waals surface area contributed by atoms with Gasteiger partial charge in [-0.25, -0.2) is 8.42 Å². The maximum atomic E-state index is 12.6. The number of carbonyl (C=O) groups is 1. The number of unbranched alkanes of at least 4 members (excludes halogenated alkanes) is 1. The lowest BCUT2D eigenvalue weighted by Gasteiger charge is -2.34. The predicted molar refractivity (Wildman–Crippen MR) is 91.7 cm³/mol. The van der Waals surface area contributed by atoms with E-state index in [1.807, 2.05) is 31.2 Å². The Bertz CT molecular complexity index is 638. The Morgan fingerprint density at radius 2 is 1.91 bits per heavy atom. The van der Waals surface area contributed by atoms with Gasteiger partial charge < -0.3 is 5.32 Å². The van der Waals surface area contributed by atoms with E-state index in [1.165, 1.54) is 9.87 Å². The predicted octanol–water partition coefficient (Wildman–Crippen LogP) is 2.41. The van der Waals surface area contributed by atoms with Crippen LogP contribution in [0.3, 0.4) is 0 Å². The van der Waals surface area contributed by atoms with Crippen LogP contribution in [-0.2, 0) is 14.8 Å². The van der Waals surface area contributed by atoms with Crippen LogP contribution in [-0.4, -0.2) is 37.5 Å². The van der Waals surface area contributed by atoms with Gasteiger partial charge in [-0.05, 0) is 23.5 Å². The molecule has 0 saturated carbocycles. The van der Waals surface area contributed by atoms with Crippen LogP contribution in [0.15, 0.2) is 24.3 Å². The number of nitrogens with one attached hydrogen (secondary N) is 1. The summed E-state index contributed by atoms with van der Waals surface area (Å²) in [5.74, 6) is 0.249. The lowest BCUT2D eigenvalue weighted by molar-refractivity contribution is -0.126. The summed E-state index contributed by atoms with van der Waals surface area (Å²) in [5, 5.41) is 2.78. The molecule has 1 aliphatic heterocycles. The summed E-state index contributed by atoms with van der Waals surface area (Å²) in [6.45, 7) is 6.85. The Labute approximate surface area is 139 Å². The second-order valence-electron chi connectivity index (χ2n) is 6.30. The molecule has 6 heteroatoms. The van der Waals surface area contributed by atoms with Gasteiger partial charge >= 0.3 is 0 Å². The maximum Gasteiger partial charge on any atom is 0.243 e. The van der Waals surface area contributed by atoms with Crippen LogP contribution in [0.4, 0.5) is 0 Å². The average molecular weight is 338 g/mol. The molecule has 1 aromatic carbocycles. The molecule has 1 amide bonds. The van der Waals surface area contributed by atoms with Gasteiger partial charge in [0.15, 0.2) is 0 Å². The van der Waals surface area contributed by atoms with E-state index >= 15 is 0 Å². The van der Waals surface area contributed by atoms with E-state index < -0.39 is 16.1 Å². The van der Waals surface area contributed by atoms with E-state index in [0.29, 0.717) is 25.4 Å². The second-order valence-corrected chi connectivity index (χ2v) is 8.34. The standard InChI is InChI=1S/C17H26N2O3S/c1-4-5-12-23(21,22)19-11-10-18-17(20)16(19)15-8-6-14(7-9-15)13(2)3/h6-9,13,16H,4-5,10-12H2,1-3H3,(H,18,20). The Morgan fingerprint density at radius 1 is 1.26 bits per heavy atom. The van der Waals surface area contributed by atoms with Crippen LogP contribution in [0.2, 0.25) is 0 Å². The highest BCUT2D eigenvalue weighted by Gasteiger charge is 2.38. The number of nitrogens with zero attached hydrogens (tertiary/aromatic N) is 1. The summed E-state index contributed by atoms with van der Waals surface area (Å²) in [5.41, 5.74) is 1.90. The molecule has 1 fully saturated rings. The number of sulfonamides is 1. The fourth-order valence-corrected chi connectivity index (χ4v) is 4.57. The quantitative estimate of drug-likeness (QED) is 0.866. The molecule has 0 radical (unpaired) electrons. The average Bonchev–Trinajstić information content (AvgIpc) is 2.53. The molecule has 0 aliphatic carbocycles. The van der Waals surface area contributed by atoms with Gasteiger partial charge in [0, 0.05) is 13.1 Å². The molecular weight excluding hydrogens is 312 g/mol. The van der Waals surface area contributed by atoms with Crippen LogP contribution >= 0.6 is 0 Å². The van der Waals surface area contributed by atoms with Gasteiger partial charge in [0.25, 0.3) is 0 Å². The Morgan fingerprint density at radius 3 is 2.48 bits per heavy atom. The minimum absolute atomic E-state index is 0.0946. The zero-order valence-corrected chi connectivity index (χ0v) is 14.9. The van der Waals surface area contributed by atoms with E-state index in [4.69, 9.17) is 0 Å². The van der Waals surface area contributed by atoms with Gasteiger partial charge in [-0.15, -0.1) is 0 Å². The van der Waals surface area contributed by atoms with E-state index in [0.717, 1.165) is 12.0 Å². The van der Waals surface area contributed by atoms with Crippen LogP contribution < -0.4 is 5.32 Å². The zero-order valence-electron chi connectivity index (χ0n) is 14.1. The summed E-state index contributed by atoms with van der Waals surface area (Å²) in [7, 11) is -3.43. The number of piperazine rings is 1. The Balaban J connectivity index is 2.32. The lowest BCUT2D eigenvalue weighted by Crippen LogP contribution is -2.52. The van der Waals surface area contributed by atoms with E-state index in [2.05, 4.69) is 19.2 Å². The number of benzene rings is 1. The van der Waals surface area contributed by atoms with Crippen molar-refractivity contribution >= 4 is 15.9 Å². The van der Waals surface area contributed by atoms with Crippen LogP contribution in [0.25, 0.3) is 0 Å². The molecule has 2 rings (SSSR count). The van der Waals surface area contributed by atoms with E-state index in [-0.39, 0.29) is 11.7 Å². The number of hydrogen-bond donors (Lipinski definition) is 1. The van der Waals surface area contributed by atoms with Crippen molar-refractivity contribution in [1.82, 2.24) is 9.62 Å². The van der Waals surface area contributed by atoms with Crippen molar-refractivity contribution in [2.24, 2.45) is 0 Å². The van der Waals surface area contributed by atoms with Crippen molar-refractivity contribution in [3.8, 4) is 0 Å². The highest BCUT2D eigenvalue weighted by atomic mass is 32.2. The first-order valence-electron chi connectivity index (χ1n) is 8.24. The van der Waals surface area contributed by atoms with Crippen LogP contribution in [0.5, 0.6) is 0 Å². The van der Waals surface area contributed by atoms with Crippen LogP contribution in [0.1, 0.15) is 56.7 Å². The highest BCUT2D eigenvalue weighted by molar-refractivity contribution is 7.89. The van der Waals surface area contributed by atoms with Gasteiger partial charge in [-0.2, -0.15) is 4.31 Å². The summed E-state index contributed by atoms with van der Waals surface area (Å²) in [6.07, 6.45) is 1.42. The summed E-state index contributed by atoms with van der Waals surface area (Å²) in [6, 6.07) is 6.92. The summed E-state index contributed by atoms with van der Waals surface area (Å²) in [4.78, 5) is 12.3. The smallest absolute Gasteiger partial charge is 0.243 e. The SMILES string of the molecule is CCCCS(=O)(=O)N1CCNC(=O)C1c1ccc(C(C)C)cc1. The third-order valence-corrected chi connectivity index (χ3v) is 6.11. The molecular formula is C17H26N2O3S. The number of rotatable bonds is 6. The molecule has 1 aromatic rings. The molecule has 1 saturated heterocycles. The second kappa shape index (κ2) is 7.45. The van der Waals surface area contributed by atoms with Crippen molar-refractivity contribution in [3.05, 3.63) is 35.4 Å². The van der Waals surface area contributed by atoms with Gasteiger partial charge in [-0.1, -0.05) is 51.5 Å². The fourth-order valence-electron chi connectivity index (χ4n) is 2.77. The Kier molecular flexibility index (Phi) is 5.81. The highest BCUT2D eigenvalue weighted by Crippen LogP contribution is 2.28. The van der Waals surface area contributed by atoms with Crippen molar-refractivity contribution < 1.29 is 13.2 Å². The molecule has 0 aromatic heterocycles. The molecule has 128 valence electrons. The monoisotopic (exact) mass is 338 g/mol. The first-order chi connectivity index (χ1) is 10.9. The summed E-state index contributed by atoms with van der Waals surface area (Å²) >= 11 is 0. The fraction of sp³-hybridized carbons (Fsp3) is 0.588. The number of carbonyl (C=O) groups excluding carboxylic acids is 1. The molecule has 1 N–H and O–H groups in total. The lowest BCUT2D eigenvalue weighted by atomic mass is 9.98. The van der Waals surface area contributed by atoms with Crippen molar-refractivity contribution in [2.45, 2.75) is 45.6 Å². The van der Waals surface area contributed by atoms with E-state index in [9.17, 15) is 13.2 Å². The normalized spacial score (nSPS) is 19.8. The van der Waals surface area contributed by atoms with Gasteiger partial charge in [0.1, 0.15) is 6.04 Å². The molecule has 1 atom stereocenters. The largest absolute Gasteiger partial charge is 0.353 e. The topological polar surface area (TPSA) is 66.5 Å². The third-order valence-electron chi connectivity index (χ3n) is 4.20. The van der Waals surface area contributed by atoms with Crippen LogP contribution in [0, 0.1) is 0 Å². The molecule has 0 bridgehead atoms. The number of amides is 1. The van der Waals surface area contributed by atoms with Crippen molar-refractivity contribution in [2.75, 3.05) is 18.8 Å². The minimum atomic E-state index is -3.43. The summed E-state index contributed by atoms with van der Waals surface area (Å²) < 4.78 is 26.6. The molecule has 1 aliphatic rings.